The van der Waals surface area contributed by atoms with Gasteiger partial charge in [-0.3, -0.25) is 9.59 Å². The highest BCUT2D eigenvalue weighted by atomic mass is 16.2. The zero-order chi connectivity index (χ0) is 20.4. The van der Waals surface area contributed by atoms with Crippen molar-refractivity contribution in [2.24, 2.45) is 5.92 Å². The number of carbonyl (C=O) groups is 2. The molecule has 0 bridgehead atoms. The van der Waals surface area contributed by atoms with Crippen molar-refractivity contribution in [3.05, 3.63) is 59.4 Å². The van der Waals surface area contributed by atoms with Gasteiger partial charge in [0.05, 0.1) is 5.69 Å². The van der Waals surface area contributed by atoms with E-state index in [1.807, 2.05) is 22.9 Å². The SMILES string of the molecule is Cc1ccc(CCN2C(=O)Cn3cccc3[C@@H]2C(=O)N[C@H]2CCCC[C@@H]2C)cc1. The van der Waals surface area contributed by atoms with E-state index in [1.165, 1.54) is 17.5 Å². The van der Waals surface area contributed by atoms with E-state index in [0.29, 0.717) is 19.0 Å². The first-order valence-electron chi connectivity index (χ1n) is 10.8. The maximum absolute atomic E-state index is 13.4. The standard InChI is InChI=1S/C24H31N3O2/c1-17-9-11-19(12-10-17)13-15-27-22(28)16-26-14-5-8-21(26)23(27)24(29)25-20-7-4-3-6-18(20)2/h5,8-12,14,18,20,23H,3-4,6-7,13,15-16H2,1-2H3,(H,25,29)/t18-,20-,23+/m0/s1. The zero-order valence-electron chi connectivity index (χ0n) is 17.4. The number of fused-ring (bicyclic) bond motifs is 1. The van der Waals surface area contributed by atoms with E-state index < -0.39 is 6.04 Å². The molecule has 2 aromatic rings. The van der Waals surface area contributed by atoms with Crippen LogP contribution in [0.3, 0.4) is 0 Å². The van der Waals surface area contributed by atoms with Gasteiger partial charge >= 0.3 is 0 Å². The van der Waals surface area contributed by atoms with Crippen molar-refractivity contribution < 1.29 is 9.59 Å². The van der Waals surface area contributed by atoms with Crippen LogP contribution in [0.4, 0.5) is 0 Å². The molecule has 2 aliphatic rings. The number of nitrogens with zero attached hydrogens (tertiary/aromatic N) is 2. The fourth-order valence-corrected chi connectivity index (χ4v) is 4.69. The fraction of sp³-hybridized carbons (Fsp3) is 0.500. The molecule has 1 aliphatic heterocycles. The predicted molar refractivity (Wildman–Crippen MR) is 113 cm³/mol. The zero-order valence-corrected chi connectivity index (χ0v) is 17.4. The third kappa shape index (κ3) is 4.24. The highest BCUT2D eigenvalue weighted by Crippen LogP contribution is 2.29. The minimum atomic E-state index is -0.550. The number of benzene rings is 1. The largest absolute Gasteiger partial charge is 0.351 e. The van der Waals surface area contributed by atoms with Crippen LogP contribution in [0.15, 0.2) is 42.6 Å². The van der Waals surface area contributed by atoms with Crippen molar-refractivity contribution >= 4 is 11.8 Å². The van der Waals surface area contributed by atoms with Crippen LogP contribution < -0.4 is 5.32 Å². The Bertz CT molecular complexity index is 871. The molecular weight excluding hydrogens is 362 g/mol. The van der Waals surface area contributed by atoms with Gasteiger partial charge in [0.1, 0.15) is 6.54 Å². The quantitative estimate of drug-likeness (QED) is 0.844. The predicted octanol–water partition coefficient (Wildman–Crippen LogP) is 3.62. The van der Waals surface area contributed by atoms with Gasteiger partial charge < -0.3 is 14.8 Å². The van der Waals surface area contributed by atoms with Crippen LogP contribution in [0.25, 0.3) is 0 Å². The molecule has 0 radical (unpaired) electrons. The minimum absolute atomic E-state index is 0.0117. The Balaban J connectivity index is 1.54. The molecule has 1 fully saturated rings. The Morgan fingerprint density at radius 3 is 2.66 bits per heavy atom. The fourth-order valence-electron chi connectivity index (χ4n) is 4.69. The van der Waals surface area contributed by atoms with Crippen LogP contribution in [0.5, 0.6) is 0 Å². The second-order valence-corrected chi connectivity index (χ2v) is 8.66. The van der Waals surface area contributed by atoms with Crippen molar-refractivity contribution in [2.75, 3.05) is 6.54 Å². The number of amides is 2. The number of carbonyl (C=O) groups excluding carboxylic acids is 2. The van der Waals surface area contributed by atoms with E-state index in [4.69, 9.17) is 0 Å². The first-order valence-corrected chi connectivity index (χ1v) is 10.8. The molecule has 5 nitrogen and oxygen atoms in total. The molecule has 1 aliphatic carbocycles. The van der Waals surface area contributed by atoms with Crippen LogP contribution in [0, 0.1) is 12.8 Å². The van der Waals surface area contributed by atoms with Gasteiger partial charge in [-0.25, -0.2) is 0 Å². The number of hydrogen-bond donors (Lipinski definition) is 1. The lowest BCUT2D eigenvalue weighted by atomic mass is 9.85. The van der Waals surface area contributed by atoms with Crippen LogP contribution >= 0.6 is 0 Å². The number of aryl methyl sites for hydroxylation is 1. The van der Waals surface area contributed by atoms with E-state index in [1.54, 1.807) is 4.90 Å². The first-order chi connectivity index (χ1) is 14.0. The molecule has 0 unspecified atom stereocenters. The molecule has 0 saturated heterocycles. The Labute approximate surface area is 173 Å². The van der Waals surface area contributed by atoms with Crippen LogP contribution in [-0.4, -0.2) is 33.9 Å². The summed E-state index contributed by atoms with van der Waals surface area (Å²) >= 11 is 0. The lowest BCUT2D eigenvalue weighted by Gasteiger charge is -2.38. The summed E-state index contributed by atoms with van der Waals surface area (Å²) in [5.41, 5.74) is 3.32. The molecule has 29 heavy (non-hydrogen) atoms. The van der Waals surface area contributed by atoms with Crippen molar-refractivity contribution in [2.45, 2.75) is 64.6 Å². The monoisotopic (exact) mass is 393 g/mol. The van der Waals surface area contributed by atoms with Crippen LogP contribution in [0.2, 0.25) is 0 Å². The molecule has 1 aromatic carbocycles. The minimum Gasteiger partial charge on any atom is -0.351 e. The van der Waals surface area contributed by atoms with Crippen LogP contribution in [-0.2, 0) is 22.6 Å². The summed E-state index contributed by atoms with van der Waals surface area (Å²) in [4.78, 5) is 28.1. The van der Waals surface area contributed by atoms with Crippen molar-refractivity contribution in [1.82, 2.24) is 14.8 Å². The third-order valence-electron chi connectivity index (χ3n) is 6.53. The Hall–Kier alpha value is -2.56. The summed E-state index contributed by atoms with van der Waals surface area (Å²) in [6, 6.07) is 11.9. The van der Waals surface area contributed by atoms with Gasteiger partial charge in [0.15, 0.2) is 6.04 Å². The third-order valence-corrected chi connectivity index (χ3v) is 6.53. The van der Waals surface area contributed by atoms with Gasteiger partial charge in [0, 0.05) is 18.8 Å². The van der Waals surface area contributed by atoms with Gasteiger partial charge in [-0.1, -0.05) is 49.6 Å². The molecule has 4 rings (SSSR count). The molecule has 3 atom stereocenters. The lowest BCUT2D eigenvalue weighted by Crippen LogP contribution is -2.52. The Morgan fingerprint density at radius 2 is 1.90 bits per heavy atom. The molecule has 1 aromatic heterocycles. The van der Waals surface area contributed by atoms with E-state index >= 15 is 0 Å². The summed E-state index contributed by atoms with van der Waals surface area (Å²) in [5.74, 6) is 0.457. The Morgan fingerprint density at radius 1 is 1.14 bits per heavy atom. The van der Waals surface area contributed by atoms with E-state index in [2.05, 4.69) is 43.4 Å². The summed E-state index contributed by atoms with van der Waals surface area (Å²) in [6.45, 7) is 5.14. The average molecular weight is 394 g/mol. The number of nitrogens with one attached hydrogen (secondary N) is 1. The molecule has 154 valence electrons. The topological polar surface area (TPSA) is 54.3 Å². The number of rotatable bonds is 5. The first kappa shape index (κ1) is 19.7. The number of aromatic nitrogens is 1. The summed E-state index contributed by atoms with van der Waals surface area (Å²) < 4.78 is 1.92. The van der Waals surface area contributed by atoms with Gasteiger partial charge in [0.2, 0.25) is 11.8 Å². The lowest BCUT2D eigenvalue weighted by molar-refractivity contribution is -0.144. The second-order valence-electron chi connectivity index (χ2n) is 8.66. The molecule has 1 saturated carbocycles. The molecule has 1 N–H and O–H groups in total. The Kier molecular flexibility index (Phi) is 5.74. The van der Waals surface area contributed by atoms with Gasteiger partial charge in [-0.2, -0.15) is 0 Å². The molecule has 2 amide bonds. The van der Waals surface area contributed by atoms with E-state index in [9.17, 15) is 9.59 Å². The summed E-state index contributed by atoms with van der Waals surface area (Å²) in [5, 5.41) is 3.28. The van der Waals surface area contributed by atoms with Crippen molar-refractivity contribution in [1.29, 1.82) is 0 Å². The van der Waals surface area contributed by atoms with E-state index in [0.717, 1.165) is 31.4 Å². The van der Waals surface area contributed by atoms with Crippen LogP contribution in [0.1, 0.15) is 55.5 Å². The average Bonchev–Trinajstić information content (AvgIpc) is 3.16. The smallest absolute Gasteiger partial charge is 0.249 e. The van der Waals surface area contributed by atoms with Gasteiger partial charge in [-0.05, 0) is 49.8 Å². The maximum atomic E-state index is 13.4. The normalized spacial score (nSPS) is 24.3. The number of hydrogen-bond acceptors (Lipinski definition) is 2. The highest BCUT2D eigenvalue weighted by Gasteiger charge is 2.38. The van der Waals surface area contributed by atoms with Gasteiger partial charge in [-0.15, -0.1) is 0 Å². The van der Waals surface area contributed by atoms with Crippen molar-refractivity contribution in [3.8, 4) is 0 Å². The molecule has 5 heteroatoms. The molecule has 0 spiro atoms. The van der Waals surface area contributed by atoms with Crippen molar-refractivity contribution in [3.63, 3.8) is 0 Å². The highest BCUT2D eigenvalue weighted by molar-refractivity contribution is 5.90. The summed E-state index contributed by atoms with van der Waals surface area (Å²) in [7, 11) is 0. The van der Waals surface area contributed by atoms with Gasteiger partial charge in [0.25, 0.3) is 0 Å². The second kappa shape index (κ2) is 8.44. The summed E-state index contributed by atoms with van der Waals surface area (Å²) in [6.07, 6.45) is 7.22. The molecular formula is C24H31N3O2. The maximum Gasteiger partial charge on any atom is 0.249 e. The van der Waals surface area contributed by atoms with E-state index in [-0.39, 0.29) is 17.9 Å². The molecule has 2 heterocycles.